The van der Waals surface area contributed by atoms with Crippen LogP contribution in [0.4, 0.5) is 13.2 Å². The minimum absolute atomic E-state index is 0.00167. The number of allylic oxidation sites excluding steroid dienone is 4. The van der Waals surface area contributed by atoms with Gasteiger partial charge in [-0.15, -0.1) is 0 Å². The molecule has 1 aliphatic carbocycles. The third kappa shape index (κ3) is 1.95. The van der Waals surface area contributed by atoms with Crippen molar-refractivity contribution in [1.82, 2.24) is 0 Å². The molecule has 0 fully saturated rings. The molecule has 0 bridgehead atoms. The molecule has 0 nitrogen and oxygen atoms in total. The summed E-state index contributed by atoms with van der Waals surface area (Å²) in [4.78, 5) is 0. The van der Waals surface area contributed by atoms with Gasteiger partial charge in [0.15, 0.2) is 0 Å². The Morgan fingerprint density at radius 1 is 0.600 bits per heavy atom. The van der Waals surface area contributed by atoms with E-state index in [0.717, 1.165) is 0 Å². The fourth-order valence-corrected chi connectivity index (χ4v) is 2.38. The molecule has 0 amide bonds. The molecular weight excluding hydrogens is 261 g/mol. The predicted octanol–water partition coefficient (Wildman–Crippen LogP) is 5.10. The lowest BCUT2D eigenvalue weighted by Gasteiger charge is -2.09. The van der Waals surface area contributed by atoms with Gasteiger partial charge >= 0.3 is 0 Å². The lowest BCUT2D eigenvalue weighted by molar-refractivity contribution is 0.330. The molecule has 20 heavy (non-hydrogen) atoms. The van der Waals surface area contributed by atoms with E-state index in [-0.39, 0.29) is 11.1 Å². The zero-order valence-corrected chi connectivity index (χ0v) is 10.5. The first-order chi connectivity index (χ1) is 9.70. The van der Waals surface area contributed by atoms with Crippen LogP contribution in [-0.4, -0.2) is 6.17 Å². The molecule has 2 aromatic rings. The van der Waals surface area contributed by atoms with E-state index in [0.29, 0.717) is 11.1 Å². The van der Waals surface area contributed by atoms with Crippen LogP contribution < -0.4 is 0 Å². The summed E-state index contributed by atoms with van der Waals surface area (Å²) in [6.45, 7) is 0. The summed E-state index contributed by atoms with van der Waals surface area (Å²) in [5.41, 5.74) is 0.946. The quantitative estimate of drug-likeness (QED) is 0.713. The van der Waals surface area contributed by atoms with Crippen molar-refractivity contribution in [3.63, 3.8) is 0 Å². The highest BCUT2D eigenvalue weighted by atomic mass is 19.2. The van der Waals surface area contributed by atoms with Crippen LogP contribution in [-0.2, 0) is 0 Å². The molecule has 1 aliphatic rings. The molecule has 0 N–H and O–H groups in total. The highest BCUT2D eigenvalue weighted by Crippen LogP contribution is 2.46. The van der Waals surface area contributed by atoms with Crippen molar-refractivity contribution >= 4 is 11.1 Å². The first-order valence-corrected chi connectivity index (χ1v) is 6.24. The van der Waals surface area contributed by atoms with Crippen molar-refractivity contribution in [1.29, 1.82) is 0 Å². The smallest absolute Gasteiger partial charge is 0.204 e. The highest BCUT2D eigenvalue weighted by Gasteiger charge is 2.36. The fourth-order valence-electron chi connectivity index (χ4n) is 2.38. The molecule has 0 saturated heterocycles. The Morgan fingerprint density at radius 3 is 1.30 bits per heavy atom. The van der Waals surface area contributed by atoms with Gasteiger partial charge < -0.3 is 0 Å². The summed E-state index contributed by atoms with van der Waals surface area (Å²) >= 11 is 0. The Hall–Kier alpha value is -2.29. The van der Waals surface area contributed by atoms with Crippen LogP contribution in [0.15, 0.2) is 72.3 Å². The molecule has 3 heteroatoms. The van der Waals surface area contributed by atoms with E-state index in [1.807, 2.05) is 0 Å². The first kappa shape index (κ1) is 12.7. The van der Waals surface area contributed by atoms with Crippen LogP contribution in [0.1, 0.15) is 11.1 Å². The van der Waals surface area contributed by atoms with Gasteiger partial charge in [-0.1, -0.05) is 60.7 Å². The van der Waals surface area contributed by atoms with E-state index >= 15 is 0 Å². The number of rotatable bonds is 2. The second kappa shape index (κ2) is 5.00. The van der Waals surface area contributed by atoms with Gasteiger partial charge in [0.1, 0.15) is 11.7 Å². The maximum Gasteiger partial charge on any atom is 0.204 e. The van der Waals surface area contributed by atoms with Crippen molar-refractivity contribution in [3.05, 3.63) is 83.4 Å². The summed E-state index contributed by atoms with van der Waals surface area (Å²) in [6, 6.07) is 16.9. The van der Waals surface area contributed by atoms with E-state index in [2.05, 4.69) is 0 Å². The monoisotopic (exact) mass is 272 g/mol. The third-order valence-electron chi connectivity index (χ3n) is 3.30. The van der Waals surface area contributed by atoms with Crippen LogP contribution in [0, 0.1) is 0 Å². The number of hydrogen-bond donors (Lipinski definition) is 0. The molecule has 100 valence electrons. The Balaban J connectivity index is 2.21. The third-order valence-corrected chi connectivity index (χ3v) is 3.30. The standard InChI is InChI=1S/C17H11F3/c18-15-13(11-7-3-1-4-8-11)14(16(19)17(15)20)12-9-5-2-6-10-12/h1-10,17H. The SMILES string of the molecule is FC1=C(c2ccccc2)C(c2ccccc2)=C(F)C1F. The van der Waals surface area contributed by atoms with Gasteiger partial charge in [0.2, 0.25) is 6.17 Å². The number of alkyl halides is 1. The Bertz CT molecular complexity index is 623. The van der Waals surface area contributed by atoms with Crippen LogP contribution >= 0.6 is 0 Å². The Labute approximate surface area is 114 Å². The molecule has 0 aliphatic heterocycles. The number of halogens is 3. The fraction of sp³-hybridized carbons (Fsp3) is 0.0588. The minimum atomic E-state index is -2.31. The highest BCUT2D eigenvalue weighted by molar-refractivity contribution is 6.09. The average Bonchev–Trinajstić information content (AvgIpc) is 2.73. The second-order valence-electron chi connectivity index (χ2n) is 4.54. The number of hydrogen-bond acceptors (Lipinski definition) is 0. The summed E-state index contributed by atoms with van der Waals surface area (Å²) < 4.78 is 41.9. The molecule has 0 atom stereocenters. The largest absolute Gasteiger partial charge is 0.232 e. The maximum absolute atomic E-state index is 14.1. The Morgan fingerprint density at radius 2 is 0.950 bits per heavy atom. The molecule has 0 aromatic heterocycles. The van der Waals surface area contributed by atoms with E-state index in [4.69, 9.17) is 0 Å². The zero-order chi connectivity index (χ0) is 14.1. The van der Waals surface area contributed by atoms with Crippen LogP contribution in [0.3, 0.4) is 0 Å². The summed E-state index contributed by atoms with van der Waals surface area (Å²) in [7, 11) is 0. The zero-order valence-electron chi connectivity index (χ0n) is 10.5. The van der Waals surface area contributed by atoms with Gasteiger partial charge in [-0.2, -0.15) is 0 Å². The van der Waals surface area contributed by atoms with E-state index in [9.17, 15) is 13.2 Å². The molecular formula is C17H11F3. The van der Waals surface area contributed by atoms with Gasteiger partial charge in [-0.05, 0) is 11.1 Å². The first-order valence-electron chi connectivity index (χ1n) is 6.24. The van der Waals surface area contributed by atoms with Crippen molar-refractivity contribution in [2.75, 3.05) is 0 Å². The maximum atomic E-state index is 14.1. The minimum Gasteiger partial charge on any atom is -0.232 e. The molecule has 3 rings (SSSR count). The molecule has 0 heterocycles. The lowest BCUT2D eigenvalue weighted by atomic mass is 9.95. The van der Waals surface area contributed by atoms with E-state index in [1.165, 1.54) is 0 Å². The van der Waals surface area contributed by atoms with Gasteiger partial charge in [0.05, 0.1) is 0 Å². The van der Waals surface area contributed by atoms with Gasteiger partial charge in [0, 0.05) is 11.1 Å². The van der Waals surface area contributed by atoms with Crippen molar-refractivity contribution < 1.29 is 13.2 Å². The Kier molecular flexibility index (Phi) is 3.18. The normalized spacial score (nSPS) is 16.1. The van der Waals surface area contributed by atoms with Crippen LogP contribution in [0.2, 0.25) is 0 Å². The second-order valence-corrected chi connectivity index (χ2v) is 4.54. The average molecular weight is 272 g/mol. The summed E-state index contributed by atoms with van der Waals surface area (Å²) in [6.07, 6.45) is -2.31. The van der Waals surface area contributed by atoms with Crippen molar-refractivity contribution in [2.24, 2.45) is 0 Å². The molecule has 0 radical (unpaired) electrons. The molecule has 0 spiro atoms. The summed E-state index contributed by atoms with van der Waals surface area (Å²) in [5.74, 6) is -2.12. The van der Waals surface area contributed by atoms with E-state index < -0.39 is 17.8 Å². The number of benzene rings is 2. The lowest BCUT2D eigenvalue weighted by Crippen LogP contribution is -1.96. The van der Waals surface area contributed by atoms with Crippen molar-refractivity contribution in [3.8, 4) is 0 Å². The van der Waals surface area contributed by atoms with Crippen LogP contribution in [0.25, 0.3) is 11.1 Å². The summed E-state index contributed by atoms with van der Waals surface area (Å²) in [5, 5.41) is 0. The molecule has 2 aromatic carbocycles. The van der Waals surface area contributed by atoms with Gasteiger partial charge in [-0.3, -0.25) is 0 Å². The molecule has 0 unspecified atom stereocenters. The molecule has 0 saturated carbocycles. The van der Waals surface area contributed by atoms with E-state index in [1.54, 1.807) is 60.7 Å². The van der Waals surface area contributed by atoms with Gasteiger partial charge in [-0.25, -0.2) is 13.2 Å². The van der Waals surface area contributed by atoms with Gasteiger partial charge in [0.25, 0.3) is 0 Å². The van der Waals surface area contributed by atoms with Crippen molar-refractivity contribution in [2.45, 2.75) is 6.17 Å². The van der Waals surface area contributed by atoms with Crippen LogP contribution in [0.5, 0.6) is 0 Å². The predicted molar refractivity (Wildman–Crippen MR) is 73.8 cm³/mol. The topological polar surface area (TPSA) is 0 Å².